The Hall–Kier alpha value is -2.53. The number of aromatic hydroxyl groups is 1. The summed E-state index contributed by atoms with van der Waals surface area (Å²) in [7, 11) is 0. The Labute approximate surface area is 118 Å². The van der Waals surface area contributed by atoms with Gasteiger partial charge in [0.25, 0.3) is 0 Å². The van der Waals surface area contributed by atoms with Crippen molar-refractivity contribution in [3.8, 4) is 17.1 Å². The number of carbonyl (C=O) groups is 1. The topological polar surface area (TPSA) is 83.6 Å². The van der Waals surface area contributed by atoms with Gasteiger partial charge in [0.05, 0.1) is 5.56 Å². The third-order valence-electron chi connectivity index (χ3n) is 2.91. The van der Waals surface area contributed by atoms with Gasteiger partial charge in [-0.25, -0.2) is 4.79 Å². The lowest BCUT2D eigenvalue weighted by Gasteiger charge is -2.04. The smallest absolute Gasteiger partial charge is 0.358 e. The highest BCUT2D eigenvalue weighted by Crippen LogP contribution is 2.34. The van der Waals surface area contributed by atoms with E-state index in [-0.39, 0.29) is 17.2 Å². The van der Waals surface area contributed by atoms with Crippen molar-refractivity contribution in [1.29, 1.82) is 0 Å². The van der Waals surface area contributed by atoms with Crippen molar-refractivity contribution in [2.24, 2.45) is 0 Å². The fourth-order valence-corrected chi connectivity index (χ4v) is 2.14. The van der Waals surface area contributed by atoms with E-state index in [9.17, 15) is 9.90 Å². The predicted molar refractivity (Wildman–Crippen MR) is 73.1 cm³/mol. The zero-order chi connectivity index (χ0) is 14.3. The highest BCUT2D eigenvalue weighted by atomic mass is 35.5. The van der Waals surface area contributed by atoms with Gasteiger partial charge in [0.1, 0.15) is 5.75 Å². The molecular formula is C14H8ClNO4. The van der Waals surface area contributed by atoms with E-state index in [0.29, 0.717) is 10.6 Å². The van der Waals surface area contributed by atoms with Crippen LogP contribution in [0.5, 0.6) is 5.75 Å². The Morgan fingerprint density at radius 2 is 1.95 bits per heavy atom. The highest BCUT2D eigenvalue weighted by Gasteiger charge is 2.15. The van der Waals surface area contributed by atoms with Crippen LogP contribution >= 0.6 is 11.6 Å². The van der Waals surface area contributed by atoms with E-state index in [1.54, 1.807) is 30.3 Å². The summed E-state index contributed by atoms with van der Waals surface area (Å²) in [5.41, 5.74) is 0.144. The molecule has 2 N–H and O–H groups in total. The quantitative estimate of drug-likeness (QED) is 0.753. The van der Waals surface area contributed by atoms with Crippen LogP contribution in [-0.2, 0) is 0 Å². The molecule has 0 unspecified atom stereocenters. The molecule has 0 amide bonds. The number of aromatic nitrogens is 1. The molecule has 0 atom stereocenters. The van der Waals surface area contributed by atoms with E-state index >= 15 is 0 Å². The van der Waals surface area contributed by atoms with Gasteiger partial charge in [-0.2, -0.15) is 0 Å². The van der Waals surface area contributed by atoms with E-state index in [1.165, 1.54) is 6.07 Å². The number of fused-ring (bicyclic) bond motifs is 1. The minimum absolute atomic E-state index is 0.0205. The van der Waals surface area contributed by atoms with Gasteiger partial charge >= 0.3 is 5.97 Å². The molecule has 100 valence electrons. The van der Waals surface area contributed by atoms with Crippen LogP contribution in [0.1, 0.15) is 10.5 Å². The number of hydrogen-bond donors (Lipinski definition) is 2. The van der Waals surface area contributed by atoms with Crippen molar-refractivity contribution >= 4 is 28.3 Å². The second kappa shape index (κ2) is 4.54. The van der Waals surface area contributed by atoms with Crippen LogP contribution in [0.4, 0.5) is 0 Å². The lowest BCUT2D eigenvalue weighted by atomic mass is 10.0. The van der Waals surface area contributed by atoms with Gasteiger partial charge in [0.2, 0.25) is 0 Å². The monoisotopic (exact) mass is 289 g/mol. The Kier molecular flexibility index (Phi) is 2.84. The maximum Gasteiger partial charge on any atom is 0.358 e. The number of phenolic OH excluding ortho intramolecular Hbond substituents is 1. The molecule has 0 bridgehead atoms. The number of nitrogens with zero attached hydrogens (tertiary/aromatic N) is 1. The summed E-state index contributed by atoms with van der Waals surface area (Å²) in [6.45, 7) is 0. The largest absolute Gasteiger partial charge is 0.507 e. The first-order valence-corrected chi connectivity index (χ1v) is 6.05. The van der Waals surface area contributed by atoms with Gasteiger partial charge in [-0.15, -0.1) is 0 Å². The molecule has 3 aromatic rings. The molecule has 0 saturated carbocycles. The molecule has 3 rings (SSSR count). The Balaban J connectivity index is 2.19. The van der Waals surface area contributed by atoms with Gasteiger partial charge in [-0.1, -0.05) is 22.8 Å². The predicted octanol–water partition coefficient (Wildman–Crippen LogP) is 3.55. The van der Waals surface area contributed by atoms with Gasteiger partial charge < -0.3 is 14.7 Å². The number of benzene rings is 2. The van der Waals surface area contributed by atoms with Gasteiger partial charge in [-0.05, 0) is 35.0 Å². The molecule has 0 spiro atoms. The van der Waals surface area contributed by atoms with Crippen molar-refractivity contribution in [2.75, 3.05) is 0 Å². The number of phenols is 1. The maximum absolute atomic E-state index is 10.8. The van der Waals surface area contributed by atoms with E-state index in [4.69, 9.17) is 21.2 Å². The zero-order valence-corrected chi connectivity index (χ0v) is 10.8. The number of carboxylic acid groups (broad SMARTS) is 1. The number of aromatic carboxylic acids is 1. The molecule has 1 aromatic heterocycles. The number of hydrogen-bond acceptors (Lipinski definition) is 4. The summed E-state index contributed by atoms with van der Waals surface area (Å²) in [5.74, 6) is -1.03. The molecule has 0 fully saturated rings. The SMILES string of the molecule is O=C(O)c1cc(-c2cc3cc(Cl)ccc3cc2O)on1. The van der Waals surface area contributed by atoms with E-state index in [1.807, 2.05) is 0 Å². The molecule has 1 heterocycles. The van der Waals surface area contributed by atoms with Crippen LogP contribution in [0.3, 0.4) is 0 Å². The number of carboxylic acids is 1. The molecule has 0 aliphatic carbocycles. The first kappa shape index (κ1) is 12.5. The molecule has 20 heavy (non-hydrogen) atoms. The van der Waals surface area contributed by atoms with E-state index < -0.39 is 5.97 Å². The molecule has 0 aliphatic heterocycles. The first-order valence-electron chi connectivity index (χ1n) is 5.67. The molecule has 6 heteroatoms. The Morgan fingerprint density at radius 3 is 2.65 bits per heavy atom. The minimum Gasteiger partial charge on any atom is -0.507 e. The van der Waals surface area contributed by atoms with Gasteiger partial charge in [-0.3, -0.25) is 0 Å². The standard InChI is InChI=1S/C14H8ClNO4/c15-9-2-1-7-5-12(17)10(4-8(7)3-9)13-6-11(14(18)19)16-20-13/h1-6,17H,(H,18,19). The van der Waals surface area contributed by atoms with E-state index in [0.717, 1.165) is 10.8 Å². The lowest BCUT2D eigenvalue weighted by Crippen LogP contribution is -1.94. The normalized spacial score (nSPS) is 10.8. The second-order valence-electron chi connectivity index (χ2n) is 4.24. The zero-order valence-electron chi connectivity index (χ0n) is 10.0. The molecule has 2 aromatic carbocycles. The maximum atomic E-state index is 10.8. The van der Waals surface area contributed by atoms with Gasteiger partial charge in [0, 0.05) is 11.1 Å². The summed E-state index contributed by atoms with van der Waals surface area (Å²) in [6.07, 6.45) is 0. The average Bonchev–Trinajstić information content (AvgIpc) is 2.88. The third kappa shape index (κ3) is 2.08. The fourth-order valence-electron chi connectivity index (χ4n) is 1.96. The number of rotatable bonds is 2. The molecule has 0 radical (unpaired) electrons. The third-order valence-corrected chi connectivity index (χ3v) is 3.15. The minimum atomic E-state index is -1.19. The summed E-state index contributed by atoms with van der Waals surface area (Å²) in [4.78, 5) is 10.8. The van der Waals surface area contributed by atoms with Crippen LogP contribution in [-0.4, -0.2) is 21.3 Å². The van der Waals surface area contributed by atoms with Crippen LogP contribution in [0.15, 0.2) is 40.9 Å². The summed E-state index contributed by atoms with van der Waals surface area (Å²) >= 11 is 5.93. The first-order chi connectivity index (χ1) is 9.54. The molecule has 5 nitrogen and oxygen atoms in total. The van der Waals surface area contributed by atoms with Crippen LogP contribution in [0.25, 0.3) is 22.1 Å². The summed E-state index contributed by atoms with van der Waals surface area (Å²) in [6, 6.07) is 9.74. The van der Waals surface area contributed by atoms with Crippen molar-refractivity contribution in [3.05, 3.63) is 47.1 Å². The molecular weight excluding hydrogens is 282 g/mol. The summed E-state index contributed by atoms with van der Waals surface area (Å²) in [5, 5.41) is 24.4. The second-order valence-corrected chi connectivity index (χ2v) is 4.68. The fraction of sp³-hybridized carbons (Fsp3) is 0. The highest BCUT2D eigenvalue weighted by molar-refractivity contribution is 6.31. The molecule has 0 saturated heterocycles. The Morgan fingerprint density at radius 1 is 1.15 bits per heavy atom. The van der Waals surface area contributed by atoms with Crippen molar-refractivity contribution in [3.63, 3.8) is 0 Å². The van der Waals surface area contributed by atoms with Crippen LogP contribution in [0, 0.1) is 0 Å². The summed E-state index contributed by atoms with van der Waals surface area (Å²) < 4.78 is 4.95. The lowest BCUT2D eigenvalue weighted by molar-refractivity contribution is 0.0686. The van der Waals surface area contributed by atoms with E-state index in [2.05, 4.69) is 5.16 Å². The number of halogens is 1. The van der Waals surface area contributed by atoms with Gasteiger partial charge in [0.15, 0.2) is 11.5 Å². The van der Waals surface area contributed by atoms with Crippen molar-refractivity contribution in [2.45, 2.75) is 0 Å². The molecule has 0 aliphatic rings. The van der Waals surface area contributed by atoms with Crippen LogP contribution < -0.4 is 0 Å². The average molecular weight is 290 g/mol. The Bertz CT molecular complexity index is 825. The van der Waals surface area contributed by atoms with Crippen molar-refractivity contribution < 1.29 is 19.5 Å². The van der Waals surface area contributed by atoms with Crippen molar-refractivity contribution in [1.82, 2.24) is 5.16 Å². The van der Waals surface area contributed by atoms with Crippen LogP contribution in [0.2, 0.25) is 5.02 Å².